The molecule has 6 aromatic rings. The number of pyridine rings is 1. The van der Waals surface area contributed by atoms with E-state index in [1.165, 1.54) is 5.39 Å². The van der Waals surface area contributed by atoms with Crippen LogP contribution in [0.3, 0.4) is 0 Å². The van der Waals surface area contributed by atoms with Gasteiger partial charge in [-0.25, -0.2) is 4.57 Å². The van der Waals surface area contributed by atoms with E-state index in [1.807, 2.05) is 61.1 Å². The van der Waals surface area contributed by atoms with Crippen molar-refractivity contribution < 1.29 is 110 Å². The maximum atomic E-state index is 14.2. The predicted molar refractivity (Wildman–Crippen MR) is 227 cm³/mol. The first-order valence-electron chi connectivity index (χ1n) is 21.2. The molecule has 28 heteroatoms. The molecule has 0 atom stereocenters. The van der Waals surface area contributed by atoms with Gasteiger partial charge in [0.25, 0.3) is 0 Å². The molecular weight excluding hydrogens is 1100 g/mol. The molecule has 0 saturated carbocycles. The summed E-state index contributed by atoms with van der Waals surface area (Å²) >= 11 is 0. The highest BCUT2D eigenvalue weighted by molar-refractivity contribution is 7.20. The summed E-state index contributed by atoms with van der Waals surface area (Å²) in [6.07, 6.45) is -50.8. The Bertz CT molecular complexity index is 2830. The van der Waals surface area contributed by atoms with Crippen molar-refractivity contribution in [2.75, 3.05) is 0 Å². The van der Waals surface area contributed by atoms with Gasteiger partial charge in [0.15, 0.2) is 18.9 Å². The van der Waals surface area contributed by atoms with Crippen LogP contribution in [0.25, 0.3) is 10.8 Å². The third-order valence-corrected chi connectivity index (χ3v) is 11.8. The Kier molecular flexibility index (Phi) is 16.4. The number of aromatic nitrogens is 1. The number of halogens is 24. The van der Waals surface area contributed by atoms with Gasteiger partial charge < -0.3 is 0 Å². The molecule has 0 saturated heterocycles. The molecule has 0 amide bonds. The van der Waals surface area contributed by atoms with E-state index >= 15 is 0 Å². The summed E-state index contributed by atoms with van der Waals surface area (Å²) in [6.45, 7) is 4.58. The van der Waals surface area contributed by atoms with Crippen molar-refractivity contribution in [2.45, 2.75) is 69.8 Å². The van der Waals surface area contributed by atoms with Gasteiger partial charge in [-0.05, 0) is 41.6 Å². The largest absolute Gasteiger partial charge is 0.416 e. The summed E-state index contributed by atoms with van der Waals surface area (Å²) in [4.78, 5) is 0. The van der Waals surface area contributed by atoms with Crippen LogP contribution in [-0.4, -0.2) is 6.15 Å². The van der Waals surface area contributed by atoms with Gasteiger partial charge in [0.1, 0.15) is 23.9 Å². The summed E-state index contributed by atoms with van der Waals surface area (Å²) in [7, 11) is 0. The van der Waals surface area contributed by atoms with Crippen molar-refractivity contribution in [3.63, 3.8) is 0 Å². The number of nitrogens with zero attached hydrogens (tertiary/aromatic N) is 3. The van der Waals surface area contributed by atoms with Crippen molar-refractivity contribution in [3.8, 4) is 12.1 Å². The number of alkyl halides is 24. The molecule has 0 radical (unpaired) electrons. The number of nitriles is 2. The van der Waals surface area contributed by atoms with Gasteiger partial charge in [0.2, 0.25) is 0 Å². The molecule has 0 aliphatic heterocycles. The molecule has 5 aromatic carbocycles. The molecule has 1 aromatic heterocycles. The average Bonchev–Trinajstić information content (AvgIpc) is 3.29. The van der Waals surface area contributed by atoms with Crippen molar-refractivity contribution >= 4 is 38.8 Å². The zero-order valence-electron chi connectivity index (χ0n) is 38.2. The van der Waals surface area contributed by atoms with Crippen LogP contribution in [0.15, 0.2) is 127 Å². The maximum absolute atomic E-state index is 14.2. The van der Waals surface area contributed by atoms with E-state index in [4.69, 9.17) is 10.5 Å². The Morgan fingerprint density at radius 1 is 0.403 bits per heavy atom. The fraction of sp³-hybridized carbons (Fsp3) is 0.245. The molecule has 77 heavy (non-hydrogen) atoms. The molecule has 410 valence electrons. The van der Waals surface area contributed by atoms with Crippen LogP contribution in [0, 0.1) is 28.6 Å². The SMILES string of the molecule is CC(C)C(C[n+]1ccc2ccccc2c1)=C(C#N)C#N.FC(F)(F)c1cc([B-](c2cc(C(F)(F)F)cc(C(F)(F)F)c2)(c2cc(C(F)(F)F)cc(C(F)(F)F)c2)c2cc(C(F)(F)F)cc(C(F)(F)F)c2)cc(C(F)(F)F)c1. The van der Waals surface area contributed by atoms with Crippen LogP contribution in [0.4, 0.5) is 105 Å². The summed E-state index contributed by atoms with van der Waals surface area (Å²) in [5, 5.41) is 20.4. The molecule has 0 fully saturated rings. The van der Waals surface area contributed by atoms with E-state index in [-0.39, 0.29) is 11.5 Å². The normalized spacial score (nSPS) is 13.2. The van der Waals surface area contributed by atoms with Crippen LogP contribution >= 0.6 is 0 Å². The Morgan fingerprint density at radius 3 is 0.870 bits per heavy atom. The van der Waals surface area contributed by atoms with Crippen molar-refractivity contribution in [2.24, 2.45) is 5.92 Å². The Labute approximate surface area is 417 Å². The summed E-state index contributed by atoms with van der Waals surface area (Å²) in [5.41, 5.74) is -29.1. The van der Waals surface area contributed by atoms with E-state index in [1.54, 1.807) is 0 Å². The lowest BCUT2D eigenvalue weighted by molar-refractivity contribution is -0.688. The molecule has 0 spiro atoms. The van der Waals surface area contributed by atoms with Crippen molar-refractivity contribution in [1.82, 2.24) is 0 Å². The van der Waals surface area contributed by atoms with Gasteiger partial charge in [-0.3, -0.25) is 0 Å². The number of benzene rings is 5. The molecule has 6 rings (SSSR count). The van der Waals surface area contributed by atoms with Gasteiger partial charge >= 0.3 is 49.4 Å². The molecular formula is C49H28BF24N3. The maximum Gasteiger partial charge on any atom is 0.416 e. The minimum Gasteiger partial charge on any atom is -0.200 e. The van der Waals surface area contributed by atoms with Crippen molar-refractivity contribution in [1.29, 1.82) is 10.5 Å². The predicted octanol–water partition coefficient (Wildman–Crippen LogP) is 14.3. The monoisotopic (exact) mass is 1130 g/mol. The third-order valence-electron chi connectivity index (χ3n) is 11.8. The van der Waals surface area contributed by atoms with E-state index < -0.39 is 195 Å². The molecule has 0 N–H and O–H groups in total. The minimum absolute atomic E-state index is 0.170. The van der Waals surface area contributed by atoms with Crippen LogP contribution in [0.1, 0.15) is 58.4 Å². The Hall–Kier alpha value is -7.39. The smallest absolute Gasteiger partial charge is 0.200 e. The first-order chi connectivity index (χ1) is 34.9. The zero-order valence-corrected chi connectivity index (χ0v) is 38.2. The Morgan fingerprint density at radius 2 is 0.649 bits per heavy atom. The van der Waals surface area contributed by atoms with E-state index in [0.717, 1.165) is 11.0 Å². The van der Waals surface area contributed by atoms with E-state index in [9.17, 15) is 105 Å². The Balaban J connectivity index is 0.000000455. The minimum atomic E-state index is -6.13. The molecule has 0 unspecified atom stereocenters. The summed E-state index contributed by atoms with van der Waals surface area (Å²) in [5.74, 6) is 0.170. The highest BCUT2D eigenvalue weighted by Crippen LogP contribution is 2.41. The van der Waals surface area contributed by atoms with Gasteiger partial charge in [0.05, 0.1) is 44.5 Å². The quantitative estimate of drug-likeness (QED) is 0.0692. The fourth-order valence-electron chi connectivity index (χ4n) is 8.26. The third kappa shape index (κ3) is 13.8. The molecule has 3 nitrogen and oxygen atoms in total. The van der Waals surface area contributed by atoms with Gasteiger partial charge in [-0.1, -0.05) is 80.6 Å². The molecule has 0 bridgehead atoms. The number of fused-ring (bicyclic) bond motifs is 1. The second-order valence-corrected chi connectivity index (χ2v) is 17.2. The topological polar surface area (TPSA) is 51.5 Å². The highest BCUT2D eigenvalue weighted by atomic mass is 19.4. The second-order valence-electron chi connectivity index (χ2n) is 17.2. The first kappa shape index (κ1) is 60.5. The van der Waals surface area contributed by atoms with Crippen LogP contribution < -0.4 is 26.4 Å². The zero-order chi connectivity index (χ0) is 58.4. The van der Waals surface area contributed by atoms with E-state index in [0.29, 0.717) is 6.54 Å². The first-order valence-corrected chi connectivity index (χ1v) is 21.2. The number of hydrogen-bond donors (Lipinski definition) is 0. The van der Waals surface area contributed by atoms with Crippen LogP contribution in [0.2, 0.25) is 0 Å². The summed E-state index contributed by atoms with van der Waals surface area (Å²) in [6, 6.07) is 5.36. The van der Waals surface area contributed by atoms with Crippen LogP contribution in [-0.2, 0) is 56.0 Å². The number of hydrogen-bond acceptors (Lipinski definition) is 2. The molecule has 0 aliphatic carbocycles. The second kappa shape index (κ2) is 20.9. The van der Waals surface area contributed by atoms with Crippen molar-refractivity contribution in [3.05, 3.63) is 171 Å². The van der Waals surface area contributed by atoms with Gasteiger partial charge in [-0.15, -0.1) is 0 Å². The summed E-state index contributed by atoms with van der Waals surface area (Å²) < 4.78 is 343. The fourth-order valence-corrected chi connectivity index (χ4v) is 8.26. The van der Waals surface area contributed by atoms with Gasteiger partial charge in [-0.2, -0.15) is 138 Å². The lowest BCUT2D eigenvalue weighted by Gasteiger charge is -2.46. The van der Waals surface area contributed by atoms with E-state index in [2.05, 4.69) is 12.1 Å². The van der Waals surface area contributed by atoms with Gasteiger partial charge in [0, 0.05) is 17.0 Å². The standard InChI is InChI=1S/C32H12BF24.C17H16N3/c34-25(35,36)13-1-14(26(37,38)39)6-21(5-13)33(22-7-15(27(40,41)42)2-16(8-22)28(43,44)45,23-9-17(29(46,47)48)3-18(10-23)30(49,50)51)24-11-19(31(52,53)54)4-20(12-24)32(55,56)57;1-13(2)17(16(9-18)10-19)12-20-8-7-14-5-3-4-6-15(14)11-20/h1-12H;3-8,11,13H,12H2,1-2H3/q-1;+1. The number of rotatable bonds is 7. The molecule has 0 aliphatic rings. The van der Waals surface area contributed by atoms with Crippen LogP contribution in [0.5, 0.6) is 0 Å². The number of allylic oxidation sites excluding steroid dienone is 2. The average molecular weight is 1130 g/mol. The highest BCUT2D eigenvalue weighted by Gasteiger charge is 2.47. The lowest BCUT2D eigenvalue weighted by Crippen LogP contribution is -2.75. The lowest BCUT2D eigenvalue weighted by atomic mass is 9.12. The molecule has 1 heterocycles.